The van der Waals surface area contributed by atoms with Crippen molar-refractivity contribution in [2.24, 2.45) is 0 Å². The molecule has 124 valence electrons. The summed E-state index contributed by atoms with van der Waals surface area (Å²) < 4.78 is 5.16. The van der Waals surface area contributed by atoms with E-state index < -0.39 is 5.38 Å². The van der Waals surface area contributed by atoms with Crippen LogP contribution in [0, 0.1) is 11.3 Å². The Hall–Kier alpha value is -3.10. The normalized spacial score (nSPS) is 11.4. The van der Waals surface area contributed by atoms with Gasteiger partial charge in [0.1, 0.15) is 11.1 Å². The molecule has 0 bridgehead atoms. The number of hydrogen-bond donors (Lipinski definition) is 1. The van der Waals surface area contributed by atoms with Gasteiger partial charge in [0.05, 0.1) is 24.4 Å². The Morgan fingerprint density at radius 3 is 2.44 bits per heavy atom. The number of halogens is 1. The van der Waals surface area contributed by atoms with Crippen LogP contribution in [-0.4, -0.2) is 17.1 Å². The van der Waals surface area contributed by atoms with E-state index in [0.29, 0.717) is 17.2 Å². The molecule has 1 atom stereocenters. The molecule has 2 aromatic carbocycles. The van der Waals surface area contributed by atoms with Crippen LogP contribution in [0.15, 0.2) is 60.8 Å². The average Bonchev–Trinajstić information content (AvgIpc) is 2.68. The molecule has 0 spiro atoms. The number of nitriles is 1. The van der Waals surface area contributed by atoms with Gasteiger partial charge in [0, 0.05) is 11.9 Å². The third-order valence-corrected chi connectivity index (χ3v) is 4.09. The number of aromatic nitrogens is 2. The zero-order chi connectivity index (χ0) is 17.6. The summed E-state index contributed by atoms with van der Waals surface area (Å²) >= 11 is 6.55. The van der Waals surface area contributed by atoms with Crippen LogP contribution in [0.25, 0.3) is 0 Å². The molecule has 0 amide bonds. The van der Waals surface area contributed by atoms with E-state index in [-0.39, 0.29) is 0 Å². The maximum atomic E-state index is 8.84. The number of nitrogens with one attached hydrogen (secondary N) is 1. The summed E-state index contributed by atoms with van der Waals surface area (Å²) in [4.78, 5) is 8.69. The molecule has 0 aliphatic carbocycles. The van der Waals surface area contributed by atoms with Gasteiger partial charge in [-0.15, -0.1) is 11.6 Å². The lowest BCUT2D eigenvalue weighted by molar-refractivity contribution is 0.414. The minimum Gasteiger partial charge on any atom is -0.497 e. The first-order chi connectivity index (χ1) is 12.2. The van der Waals surface area contributed by atoms with Crippen molar-refractivity contribution in [1.29, 1.82) is 5.26 Å². The minimum atomic E-state index is -0.393. The van der Waals surface area contributed by atoms with Crippen LogP contribution in [0.5, 0.6) is 5.75 Å². The number of alkyl halides is 1. The predicted octanol–water partition coefficient (Wildman–Crippen LogP) is 4.43. The molecule has 1 unspecified atom stereocenters. The molecule has 1 aromatic heterocycles. The number of rotatable bonds is 5. The molecule has 0 fully saturated rings. The highest BCUT2D eigenvalue weighted by molar-refractivity contribution is 6.22. The maximum absolute atomic E-state index is 8.84. The van der Waals surface area contributed by atoms with Crippen LogP contribution in [0.1, 0.15) is 22.2 Å². The smallest absolute Gasteiger partial charge is 0.227 e. The van der Waals surface area contributed by atoms with Crippen molar-refractivity contribution in [2.45, 2.75) is 5.38 Å². The van der Waals surface area contributed by atoms with E-state index in [0.717, 1.165) is 17.0 Å². The lowest BCUT2D eigenvalue weighted by atomic mass is 10.1. The van der Waals surface area contributed by atoms with E-state index in [1.54, 1.807) is 43.6 Å². The van der Waals surface area contributed by atoms with Gasteiger partial charge in [-0.05, 0) is 48.0 Å². The molecule has 5 nitrogen and oxygen atoms in total. The minimum absolute atomic E-state index is 0.393. The Bertz CT molecular complexity index is 889. The molecule has 0 radical (unpaired) electrons. The molecule has 0 aliphatic rings. The zero-order valence-corrected chi connectivity index (χ0v) is 14.2. The molecular weight excluding hydrogens is 336 g/mol. The van der Waals surface area contributed by atoms with E-state index in [1.165, 1.54) is 0 Å². The van der Waals surface area contributed by atoms with E-state index in [4.69, 9.17) is 21.6 Å². The Labute approximate surface area is 150 Å². The van der Waals surface area contributed by atoms with Gasteiger partial charge < -0.3 is 10.1 Å². The van der Waals surface area contributed by atoms with Crippen LogP contribution < -0.4 is 10.1 Å². The first-order valence-corrected chi connectivity index (χ1v) is 8.01. The third kappa shape index (κ3) is 4.06. The summed E-state index contributed by atoms with van der Waals surface area (Å²) in [6, 6.07) is 18.5. The van der Waals surface area contributed by atoms with Crippen molar-refractivity contribution in [2.75, 3.05) is 12.4 Å². The lowest BCUT2D eigenvalue weighted by Crippen LogP contribution is -2.02. The number of hydrogen-bond acceptors (Lipinski definition) is 5. The van der Waals surface area contributed by atoms with Crippen molar-refractivity contribution in [3.8, 4) is 11.8 Å². The summed E-state index contributed by atoms with van der Waals surface area (Å²) in [6.07, 6.45) is 1.66. The monoisotopic (exact) mass is 350 g/mol. The largest absolute Gasteiger partial charge is 0.497 e. The molecular formula is C19H15ClN4O. The van der Waals surface area contributed by atoms with Gasteiger partial charge in [0.2, 0.25) is 5.95 Å². The predicted molar refractivity (Wildman–Crippen MR) is 97.2 cm³/mol. The van der Waals surface area contributed by atoms with E-state index >= 15 is 0 Å². The van der Waals surface area contributed by atoms with Crippen molar-refractivity contribution in [3.63, 3.8) is 0 Å². The van der Waals surface area contributed by atoms with Crippen molar-refractivity contribution < 1.29 is 4.74 Å². The summed E-state index contributed by atoms with van der Waals surface area (Å²) in [6.45, 7) is 0. The standard InChI is InChI=1S/C19H15ClN4O/c1-25-16-8-4-14(5-9-16)18(20)17-10-11-22-19(24-17)23-15-6-2-13(12-21)3-7-15/h2-11,18H,1H3,(H,22,23,24). The van der Waals surface area contributed by atoms with Crippen LogP contribution in [-0.2, 0) is 0 Å². The van der Waals surface area contributed by atoms with Crippen LogP contribution >= 0.6 is 11.6 Å². The molecule has 3 aromatic rings. The fourth-order valence-corrected chi connectivity index (χ4v) is 2.54. The zero-order valence-electron chi connectivity index (χ0n) is 13.5. The molecule has 6 heteroatoms. The molecule has 1 N–H and O–H groups in total. The molecule has 0 saturated carbocycles. The van der Waals surface area contributed by atoms with E-state index in [9.17, 15) is 0 Å². The highest BCUT2D eigenvalue weighted by Crippen LogP contribution is 2.29. The number of benzene rings is 2. The van der Waals surface area contributed by atoms with Gasteiger partial charge >= 0.3 is 0 Å². The third-order valence-electron chi connectivity index (χ3n) is 3.62. The molecule has 25 heavy (non-hydrogen) atoms. The summed E-state index contributed by atoms with van der Waals surface area (Å²) in [5.41, 5.74) is 3.01. The van der Waals surface area contributed by atoms with Gasteiger partial charge in [-0.2, -0.15) is 5.26 Å². The van der Waals surface area contributed by atoms with Gasteiger partial charge in [-0.3, -0.25) is 0 Å². The number of methoxy groups -OCH3 is 1. The van der Waals surface area contributed by atoms with E-state index in [1.807, 2.05) is 24.3 Å². The van der Waals surface area contributed by atoms with Crippen LogP contribution in [0.4, 0.5) is 11.6 Å². The average molecular weight is 351 g/mol. The fraction of sp³-hybridized carbons (Fsp3) is 0.105. The summed E-state index contributed by atoms with van der Waals surface area (Å²) in [5.74, 6) is 1.22. The van der Waals surface area contributed by atoms with Gasteiger partial charge in [0.15, 0.2) is 0 Å². The Morgan fingerprint density at radius 1 is 1.08 bits per heavy atom. The van der Waals surface area contributed by atoms with Crippen molar-refractivity contribution in [3.05, 3.63) is 77.6 Å². The Kier molecular flexibility index (Phi) is 5.12. The molecule has 0 aliphatic heterocycles. The first-order valence-electron chi connectivity index (χ1n) is 7.58. The number of nitrogens with zero attached hydrogens (tertiary/aromatic N) is 3. The maximum Gasteiger partial charge on any atom is 0.227 e. The lowest BCUT2D eigenvalue weighted by Gasteiger charge is -2.12. The molecule has 3 rings (SSSR count). The highest BCUT2D eigenvalue weighted by Gasteiger charge is 2.13. The second kappa shape index (κ2) is 7.65. The number of ether oxygens (including phenoxy) is 1. The molecule has 0 saturated heterocycles. The molecule has 1 heterocycles. The Balaban J connectivity index is 1.78. The highest BCUT2D eigenvalue weighted by atomic mass is 35.5. The van der Waals surface area contributed by atoms with Gasteiger partial charge in [0.25, 0.3) is 0 Å². The number of anilines is 2. The quantitative estimate of drug-likeness (QED) is 0.689. The summed E-state index contributed by atoms with van der Waals surface area (Å²) in [7, 11) is 1.62. The fourth-order valence-electron chi connectivity index (χ4n) is 2.27. The second-order valence-electron chi connectivity index (χ2n) is 5.25. The first kappa shape index (κ1) is 16.7. The van der Waals surface area contributed by atoms with Crippen molar-refractivity contribution >= 4 is 23.2 Å². The summed E-state index contributed by atoms with van der Waals surface area (Å²) in [5, 5.41) is 11.6. The van der Waals surface area contributed by atoms with Crippen LogP contribution in [0.2, 0.25) is 0 Å². The van der Waals surface area contributed by atoms with Gasteiger partial charge in [-0.1, -0.05) is 12.1 Å². The van der Waals surface area contributed by atoms with E-state index in [2.05, 4.69) is 21.4 Å². The van der Waals surface area contributed by atoms with Crippen molar-refractivity contribution in [1.82, 2.24) is 9.97 Å². The SMILES string of the molecule is COc1ccc(C(Cl)c2ccnc(Nc3ccc(C#N)cc3)n2)cc1. The topological polar surface area (TPSA) is 70.8 Å². The Morgan fingerprint density at radius 2 is 1.80 bits per heavy atom. The van der Waals surface area contributed by atoms with Crippen LogP contribution in [0.3, 0.4) is 0 Å². The second-order valence-corrected chi connectivity index (χ2v) is 5.69. The van der Waals surface area contributed by atoms with Gasteiger partial charge in [-0.25, -0.2) is 9.97 Å².